The van der Waals surface area contributed by atoms with E-state index in [2.05, 4.69) is 20.0 Å². The minimum absolute atomic E-state index is 0.0758. The Morgan fingerprint density at radius 1 is 0.931 bits per heavy atom. The van der Waals surface area contributed by atoms with Crippen molar-refractivity contribution in [2.75, 3.05) is 0 Å². The quantitative estimate of drug-likeness (QED) is 0.319. The van der Waals surface area contributed by atoms with E-state index in [1.807, 2.05) is 0 Å². The van der Waals surface area contributed by atoms with Gasteiger partial charge in [0.05, 0.1) is 13.1 Å². The van der Waals surface area contributed by atoms with E-state index in [1.165, 1.54) is 26.0 Å². The van der Waals surface area contributed by atoms with Gasteiger partial charge in [0.2, 0.25) is 11.2 Å². The number of allylic oxidation sites excluding steroid dienone is 6. The van der Waals surface area contributed by atoms with Gasteiger partial charge < -0.3 is 5.11 Å². The Kier molecular flexibility index (Phi) is 6.46. The van der Waals surface area contributed by atoms with Gasteiger partial charge in [0.25, 0.3) is 17.5 Å². The molecule has 0 saturated heterocycles. The number of aromatic hydroxyl groups is 1. The Morgan fingerprint density at radius 3 is 2.24 bits per heavy atom. The SMILES string of the molecule is [C-]#[N+]C1=C(C)/C(=C/C=C/C=C/C=C/c2c([N+]#[C-])c(C)c(O)[nH]c2=O)C(=O)NC1=O. The number of carbonyl (C=O) groups excluding carboxylic acids is 2. The lowest BCUT2D eigenvalue weighted by molar-refractivity contribution is -0.126. The third-order valence-electron chi connectivity index (χ3n) is 4.08. The first-order valence-electron chi connectivity index (χ1n) is 8.31. The predicted octanol–water partition coefficient (Wildman–Crippen LogP) is 2.84. The molecular formula is C21H16N4O4. The highest BCUT2D eigenvalue weighted by atomic mass is 16.3. The smallest absolute Gasteiger partial charge is 0.257 e. The summed E-state index contributed by atoms with van der Waals surface area (Å²) in [6.45, 7) is 17.3. The summed E-state index contributed by atoms with van der Waals surface area (Å²) in [6.07, 6.45) is 10.9. The molecule has 29 heavy (non-hydrogen) atoms. The minimum atomic E-state index is -0.702. The highest BCUT2D eigenvalue weighted by molar-refractivity contribution is 6.17. The molecule has 0 bridgehead atoms. The van der Waals surface area contributed by atoms with E-state index in [1.54, 1.807) is 30.4 Å². The second kappa shape index (κ2) is 8.98. The Morgan fingerprint density at radius 2 is 1.59 bits per heavy atom. The van der Waals surface area contributed by atoms with Crippen LogP contribution in [0.25, 0.3) is 15.8 Å². The van der Waals surface area contributed by atoms with E-state index in [9.17, 15) is 19.5 Å². The number of nitrogens with one attached hydrogen (secondary N) is 2. The Labute approximate surface area is 166 Å². The number of rotatable bonds is 4. The zero-order valence-corrected chi connectivity index (χ0v) is 15.6. The number of amides is 2. The lowest BCUT2D eigenvalue weighted by atomic mass is 10.0. The summed E-state index contributed by atoms with van der Waals surface area (Å²) in [7, 11) is 0. The number of aromatic amines is 1. The number of hydrogen-bond donors (Lipinski definition) is 3. The molecular weight excluding hydrogens is 372 g/mol. The van der Waals surface area contributed by atoms with E-state index in [0.717, 1.165) is 0 Å². The van der Waals surface area contributed by atoms with E-state index < -0.39 is 17.4 Å². The van der Waals surface area contributed by atoms with Crippen LogP contribution in [-0.2, 0) is 9.59 Å². The van der Waals surface area contributed by atoms with Crippen LogP contribution in [0.3, 0.4) is 0 Å². The molecule has 0 unspecified atom stereocenters. The molecule has 3 N–H and O–H groups in total. The van der Waals surface area contributed by atoms with E-state index in [0.29, 0.717) is 11.1 Å². The first-order chi connectivity index (χ1) is 13.8. The molecule has 2 rings (SSSR count). The summed E-state index contributed by atoms with van der Waals surface area (Å²) in [6, 6.07) is 0. The van der Waals surface area contributed by atoms with Gasteiger partial charge in [0.1, 0.15) is 0 Å². The summed E-state index contributed by atoms with van der Waals surface area (Å²) in [5, 5.41) is 11.7. The van der Waals surface area contributed by atoms with Gasteiger partial charge >= 0.3 is 0 Å². The number of imide groups is 1. The maximum absolute atomic E-state index is 11.9. The van der Waals surface area contributed by atoms with E-state index >= 15 is 0 Å². The van der Waals surface area contributed by atoms with Crippen LogP contribution in [0.15, 0.2) is 58.1 Å². The monoisotopic (exact) mass is 388 g/mol. The molecule has 1 aliphatic heterocycles. The van der Waals surface area contributed by atoms with Crippen molar-refractivity contribution in [1.29, 1.82) is 0 Å². The molecule has 1 aliphatic rings. The third kappa shape index (κ3) is 4.46. The number of carbonyl (C=O) groups is 2. The molecule has 2 amide bonds. The Bertz CT molecular complexity index is 1180. The summed E-state index contributed by atoms with van der Waals surface area (Å²) in [5.41, 5.74) is 0.363. The van der Waals surface area contributed by atoms with Gasteiger partial charge in [0, 0.05) is 16.7 Å². The highest BCUT2D eigenvalue weighted by Crippen LogP contribution is 2.27. The first-order valence-corrected chi connectivity index (χ1v) is 8.31. The van der Waals surface area contributed by atoms with Crippen molar-refractivity contribution in [3.05, 3.63) is 97.6 Å². The third-order valence-corrected chi connectivity index (χ3v) is 4.08. The van der Waals surface area contributed by atoms with Gasteiger partial charge in [-0.3, -0.25) is 24.7 Å². The molecule has 0 fully saturated rings. The van der Waals surface area contributed by atoms with Gasteiger partial charge in [-0.15, -0.1) is 0 Å². The standard InChI is InChI=1S/C21H16N4O4/c1-12-14(19(27)25-21(29)17(12)23-4)10-8-6-5-7-9-11-15-16(22-3)13(2)18(26)24-20(15)28/h5-11H,1-2H3,(H2,24,26,28)(H,25,27,29)/b7-5+,8-6+,11-9+,14-10-. The summed E-state index contributed by atoms with van der Waals surface area (Å²) >= 11 is 0. The van der Waals surface area contributed by atoms with Crippen molar-refractivity contribution in [2.45, 2.75) is 13.8 Å². The van der Waals surface area contributed by atoms with Crippen LogP contribution in [0.4, 0.5) is 5.69 Å². The normalized spacial score (nSPS) is 16.1. The first kappa shape index (κ1) is 20.9. The second-order valence-electron chi connectivity index (χ2n) is 5.88. The molecule has 1 aromatic rings. The summed E-state index contributed by atoms with van der Waals surface area (Å²) in [5.74, 6) is -1.60. The number of nitrogens with zero attached hydrogens (tertiary/aromatic N) is 2. The molecule has 8 nitrogen and oxygen atoms in total. The zero-order valence-electron chi connectivity index (χ0n) is 15.6. The summed E-state index contributed by atoms with van der Waals surface area (Å²) < 4.78 is 0. The molecule has 0 spiro atoms. The summed E-state index contributed by atoms with van der Waals surface area (Å²) in [4.78, 5) is 44.0. The molecule has 8 heteroatoms. The number of pyridine rings is 1. The van der Waals surface area contributed by atoms with Crippen LogP contribution in [0.5, 0.6) is 5.88 Å². The fraction of sp³-hybridized carbons (Fsp3) is 0.0952. The van der Waals surface area contributed by atoms with E-state index in [-0.39, 0.29) is 28.4 Å². The molecule has 2 heterocycles. The fourth-order valence-corrected chi connectivity index (χ4v) is 2.52. The fourth-order valence-electron chi connectivity index (χ4n) is 2.52. The number of aromatic nitrogens is 1. The number of H-pyrrole nitrogens is 1. The maximum atomic E-state index is 11.9. The lowest BCUT2D eigenvalue weighted by Gasteiger charge is -2.15. The van der Waals surface area contributed by atoms with Gasteiger partial charge in [-0.05, 0) is 19.4 Å². The van der Waals surface area contributed by atoms with Crippen LogP contribution in [0, 0.1) is 20.1 Å². The van der Waals surface area contributed by atoms with Crippen LogP contribution in [0.1, 0.15) is 18.1 Å². The molecule has 0 aromatic carbocycles. The molecule has 0 aliphatic carbocycles. The highest BCUT2D eigenvalue weighted by Gasteiger charge is 2.27. The molecule has 0 radical (unpaired) electrons. The van der Waals surface area contributed by atoms with Crippen molar-refractivity contribution in [1.82, 2.24) is 10.3 Å². The topological polar surface area (TPSA) is 108 Å². The zero-order chi connectivity index (χ0) is 21.6. The maximum Gasteiger partial charge on any atom is 0.257 e. The van der Waals surface area contributed by atoms with Crippen LogP contribution < -0.4 is 10.9 Å². The van der Waals surface area contributed by atoms with Gasteiger partial charge in [-0.25, -0.2) is 9.69 Å². The van der Waals surface area contributed by atoms with Gasteiger partial charge in [-0.1, -0.05) is 42.5 Å². The Hall–Kier alpha value is -4.43. The van der Waals surface area contributed by atoms with Gasteiger partial charge in [0.15, 0.2) is 5.88 Å². The Balaban J connectivity index is 2.17. The van der Waals surface area contributed by atoms with E-state index in [4.69, 9.17) is 13.1 Å². The van der Waals surface area contributed by atoms with Crippen molar-refractivity contribution >= 4 is 23.6 Å². The van der Waals surface area contributed by atoms with Crippen molar-refractivity contribution in [3.63, 3.8) is 0 Å². The van der Waals surface area contributed by atoms with Crippen molar-refractivity contribution in [3.8, 4) is 5.88 Å². The van der Waals surface area contributed by atoms with Crippen LogP contribution in [-0.4, -0.2) is 21.9 Å². The van der Waals surface area contributed by atoms with Crippen LogP contribution in [0.2, 0.25) is 0 Å². The molecule has 144 valence electrons. The van der Waals surface area contributed by atoms with Crippen molar-refractivity contribution < 1.29 is 14.7 Å². The average Bonchev–Trinajstić information content (AvgIpc) is 2.67. The van der Waals surface area contributed by atoms with Gasteiger partial charge in [-0.2, -0.15) is 0 Å². The minimum Gasteiger partial charge on any atom is -0.495 e. The molecule has 1 aromatic heterocycles. The second-order valence-corrected chi connectivity index (χ2v) is 5.88. The number of hydrogen-bond acceptors (Lipinski definition) is 4. The average molecular weight is 388 g/mol. The molecule has 0 atom stereocenters. The predicted molar refractivity (Wildman–Crippen MR) is 108 cm³/mol. The van der Waals surface area contributed by atoms with Crippen molar-refractivity contribution in [2.24, 2.45) is 0 Å². The molecule has 0 saturated carbocycles. The van der Waals surface area contributed by atoms with Crippen LogP contribution >= 0.6 is 0 Å². The lowest BCUT2D eigenvalue weighted by Crippen LogP contribution is -2.37. The largest absolute Gasteiger partial charge is 0.495 e.